The van der Waals surface area contributed by atoms with E-state index in [0.717, 1.165) is 51.6 Å². The molecule has 2 aromatic rings. The number of guanidine groups is 1. The lowest BCUT2D eigenvalue weighted by molar-refractivity contribution is 0.181. The van der Waals surface area contributed by atoms with Gasteiger partial charge in [0.15, 0.2) is 5.96 Å². The molecule has 1 atom stereocenters. The van der Waals surface area contributed by atoms with Gasteiger partial charge in [0.25, 0.3) is 0 Å². The molecule has 1 fully saturated rings. The van der Waals surface area contributed by atoms with Gasteiger partial charge in [0.2, 0.25) is 0 Å². The summed E-state index contributed by atoms with van der Waals surface area (Å²) in [5.74, 6) is 1.61. The van der Waals surface area contributed by atoms with E-state index in [1.807, 2.05) is 0 Å². The predicted octanol–water partition coefficient (Wildman–Crippen LogP) is 2.95. The van der Waals surface area contributed by atoms with Crippen molar-refractivity contribution in [3.63, 3.8) is 0 Å². The van der Waals surface area contributed by atoms with Gasteiger partial charge in [-0.3, -0.25) is 4.99 Å². The lowest BCUT2D eigenvalue weighted by atomic mass is 10.1. The quantitative estimate of drug-likeness (QED) is 0.627. The second-order valence-electron chi connectivity index (χ2n) is 6.91. The van der Waals surface area contributed by atoms with Gasteiger partial charge in [0.1, 0.15) is 0 Å². The number of hydrogen-bond acceptors (Lipinski definition) is 2. The first-order chi connectivity index (χ1) is 12.2. The first-order valence-corrected chi connectivity index (χ1v) is 9.31. The number of para-hydroxylation sites is 1. The number of aliphatic imine (C=N–C) groups is 1. The molecular weight excluding hydrogens is 312 g/mol. The zero-order valence-electron chi connectivity index (χ0n) is 15.6. The van der Waals surface area contributed by atoms with E-state index >= 15 is 0 Å². The molecule has 1 aromatic heterocycles. The summed E-state index contributed by atoms with van der Waals surface area (Å²) in [5.41, 5.74) is 3.87. The molecule has 0 aliphatic carbocycles. The van der Waals surface area contributed by atoms with E-state index < -0.39 is 0 Å². The van der Waals surface area contributed by atoms with Gasteiger partial charge in [0.05, 0.1) is 6.61 Å². The SMILES string of the molecule is CCNC(=NCCc1c[nH]c2c(C)cccc12)N(C)CC1CCOC1. The minimum absolute atomic E-state index is 0.616. The van der Waals surface area contributed by atoms with Crippen LogP contribution in [-0.4, -0.2) is 55.7 Å². The van der Waals surface area contributed by atoms with Crippen molar-refractivity contribution in [2.45, 2.75) is 26.7 Å². The highest BCUT2D eigenvalue weighted by atomic mass is 16.5. The summed E-state index contributed by atoms with van der Waals surface area (Å²) >= 11 is 0. The van der Waals surface area contributed by atoms with Crippen molar-refractivity contribution < 1.29 is 4.74 Å². The number of nitrogens with zero attached hydrogens (tertiary/aromatic N) is 2. The van der Waals surface area contributed by atoms with Gasteiger partial charge in [-0.2, -0.15) is 0 Å². The van der Waals surface area contributed by atoms with Crippen LogP contribution in [0.4, 0.5) is 0 Å². The Morgan fingerprint density at radius 1 is 1.44 bits per heavy atom. The summed E-state index contributed by atoms with van der Waals surface area (Å²) < 4.78 is 5.49. The minimum atomic E-state index is 0.616. The molecule has 0 bridgehead atoms. The highest BCUT2D eigenvalue weighted by molar-refractivity contribution is 5.86. The van der Waals surface area contributed by atoms with E-state index in [2.05, 4.69) is 60.5 Å². The van der Waals surface area contributed by atoms with Crippen molar-refractivity contribution in [3.8, 4) is 0 Å². The van der Waals surface area contributed by atoms with Crippen LogP contribution in [0.3, 0.4) is 0 Å². The van der Waals surface area contributed by atoms with Gasteiger partial charge >= 0.3 is 0 Å². The number of hydrogen-bond donors (Lipinski definition) is 2. The van der Waals surface area contributed by atoms with E-state index in [1.54, 1.807) is 0 Å². The highest BCUT2D eigenvalue weighted by Crippen LogP contribution is 2.21. The predicted molar refractivity (Wildman–Crippen MR) is 104 cm³/mol. The maximum Gasteiger partial charge on any atom is 0.193 e. The number of nitrogens with one attached hydrogen (secondary N) is 2. The third-order valence-corrected chi connectivity index (χ3v) is 4.90. The lowest BCUT2D eigenvalue weighted by Crippen LogP contribution is -2.41. The van der Waals surface area contributed by atoms with E-state index in [-0.39, 0.29) is 0 Å². The lowest BCUT2D eigenvalue weighted by Gasteiger charge is -2.24. The summed E-state index contributed by atoms with van der Waals surface area (Å²) in [6.45, 7) is 8.70. The zero-order chi connectivity index (χ0) is 17.6. The molecule has 0 saturated carbocycles. The molecule has 3 rings (SSSR count). The average molecular weight is 342 g/mol. The molecule has 0 radical (unpaired) electrons. The Balaban J connectivity index is 1.63. The van der Waals surface area contributed by atoms with Crippen LogP contribution in [0.25, 0.3) is 10.9 Å². The van der Waals surface area contributed by atoms with Gasteiger partial charge in [-0.05, 0) is 37.8 Å². The molecule has 1 aliphatic rings. The van der Waals surface area contributed by atoms with Crippen molar-refractivity contribution in [1.82, 2.24) is 15.2 Å². The smallest absolute Gasteiger partial charge is 0.193 e. The van der Waals surface area contributed by atoms with Crippen LogP contribution in [0, 0.1) is 12.8 Å². The standard InChI is InChI=1S/C20H30N4O/c1-4-21-20(24(3)13-16-9-11-25-14-16)22-10-8-17-12-23-19-15(2)6-5-7-18(17)19/h5-7,12,16,23H,4,8-11,13-14H2,1-3H3,(H,21,22). The van der Waals surface area contributed by atoms with Crippen LogP contribution in [-0.2, 0) is 11.2 Å². The number of ether oxygens (including phenoxy) is 1. The Labute approximate surface area is 150 Å². The zero-order valence-corrected chi connectivity index (χ0v) is 15.6. The Kier molecular flexibility index (Phi) is 5.97. The molecule has 25 heavy (non-hydrogen) atoms. The molecule has 5 nitrogen and oxygen atoms in total. The van der Waals surface area contributed by atoms with Crippen LogP contribution in [0.1, 0.15) is 24.5 Å². The Hall–Kier alpha value is -2.01. The fourth-order valence-electron chi connectivity index (χ4n) is 3.52. The molecule has 1 unspecified atom stereocenters. The van der Waals surface area contributed by atoms with Crippen LogP contribution in [0.15, 0.2) is 29.4 Å². The molecule has 2 N–H and O–H groups in total. The number of aromatic nitrogens is 1. The normalized spacial score (nSPS) is 18.0. The second kappa shape index (κ2) is 8.39. The van der Waals surface area contributed by atoms with Gasteiger partial charge < -0.3 is 19.9 Å². The van der Waals surface area contributed by atoms with E-state index in [0.29, 0.717) is 5.92 Å². The van der Waals surface area contributed by atoms with Gasteiger partial charge in [-0.1, -0.05) is 18.2 Å². The summed E-state index contributed by atoms with van der Waals surface area (Å²) in [7, 11) is 2.12. The molecule has 0 spiro atoms. The number of H-pyrrole nitrogens is 1. The third-order valence-electron chi connectivity index (χ3n) is 4.90. The monoisotopic (exact) mass is 342 g/mol. The van der Waals surface area contributed by atoms with Crippen LogP contribution in [0.5, 0.6) is 0 Å². The highest BCUT2D eigenvalue weighted by Gasteiger charge is 2.19. The maximum atomic E-state index is 5.49. The molecule has 136 valence electrons. The molecule has 1 aliphatic heterocycles. The molecular formula is C20H30N4O. The van der Waals surface area contributed by atoms with Crippen LogP contribution < -0.4 is 5.32 Å². The number of benzene rings is 1. The van der Waals surface area contributed by atoms with Gasteiger partial charge in [-0.15, -0.1) is 0 Å². The summed E-state index contributed by atoms with van der Waals surface area (Å²) in [6.07, 6.45) is 4.22. The van der Waals surface area contributed by atoms with Crippen LogP contribution in [0.2, 0.25) is 0 Å². The Morgan fingerprint density at radius 3 is 3.08 bits per heavy atom. The van der Waals surface area contributed by atoms with E-state index in [1.165, 1.54) is 22.0 Å². The summed E-state index contributed by atoms with van der Waals surface area (Å²) in [5, 5.41) is 4.73. The molecule has 2 heterocycles. The second-order valence-corrected chi connectivity index (χ2v) is 6.91. The Morgan fingerprint density at radius 2 is 2.32 bits per heavy atom. The van der Waals surface area contributed by atoms with Gasteiger partial charge in [0, 0.05) is 56.3 Å². The van der Waals surface area contributed by atoms with Crippen molar-refractivity contribution in [3.05, 3.63) is 35.5 Å². The van der Waals surface area contributed by atoms with Crippen molar-refractivity contribution in [2.75, 3.05) is 39.9 Å². The number of aromatic amines is 1. The average Bonchev–Trinajstić information content (AvgIpc) is 3.25. The summed E-state index contributed by atoms with van der Waals surface area (Å²) in [4.78, 5) is 10.5. The molecule has 1 aromatic carbocycles. The first-order valence-electron chi connectivity index (χ1n) is 9.31. The number of rotatable bonds is 6. The number of fused-ring (bicyclic) bond motifs is 1. The van der Waals surface area contributed by atoms with Crippen molar-refractivity contribution in [1.29, 1.82) is 0 Å². The van der Waals surface area contributed by atoms with Crippen molar-refractivity contribution >= 4 is 16.9 Å². The molecule has 5 heteroatoms. The van der Waals surface area contributed by atoms with Crippen molar-refractivity contribution in [2.24, 2.45) is 10.9 Å². The van der Waals surface area contributed by atoms with Crippen LogP contribution >= 0.6 is 0 Å². The van der Waals surface area contributed by atoms with Gasteiger partial charge in [-0.25, -0.2) is 0 Å². The largest absolute Gasteiger partial charge is 0.381 e. The molecule has 0 amide bonds. The maximum absolute atomic E-state index is 5.49. The summed E-state index contributed by atoms with van der Waals surface area (Å²) in [6, 6.07) is 6.46. The fraction of sp³-hybridized carbons (Fsp3) is 0.550. The molecule has 1 saturated heterocycles. The Bertz CT molecular complexity index is 716. The van der Waals surface area contributed by atoms with E-state index in [9.17, 15) is 0 Å². The fourth-order valence-corrected chi connectivity index (χ4v) is 3.52. The third kappa shape index (κ3) is 4.34. The first kappa shape index (κ1) is 17.8. The van der Waals surface area contributed by atoms with E-state index in [4.69, 9.17) is 9.73 Å². The minimum Gasteiger partial charge on any atom is -0.381 e. The topological polar surface area (TPSA) is 52.7 Å². The number of aryl methyl sites for hydroxylation is 1.